The Morgan fingerprint density at radius 3 is 2.56 bits per heavy atom. The number of nitrogens with zero attached hydrogens (tertiary/aromatic N) is 3. The first kappa shape index (κ1) is 18.6. The van der Waals surface area contributed by atoms with Crippen LogP contribution < -0.4 is 10.6 Å². The van der Waals surface area contributed by atoms with Crippen LogP contribution in [0.1, 0.15) is 47.8 Å². The molecule has 2 rings (SSSR count). The lowest BCUT2D eigenvalue weighted by Crippen LogP contribution is -2.34. The Morgan fingerprint density at radius 1 is 1.24 bits per heavy atom. The van der Waals surface area contributed by atoms with E-state index in [-0.39, 0.29) is 7.47 Å². The lowest BCUT2D eigenvalue weighted by atomic mass is 10.1. The Morgan fingerprint density at radius 2 is 1.96 bits per heavy atom. The zero-order chi connectivity index (χ0) is 18.4. The predicted molar refractivity (Wildman–Crippen MR) is 99.3 cm³/mol. The van der Waals surface area contributed by atoms with Crippen LogP contribution in [-0.4, -0.2) is 33.2 Å². The molecule has 0 aliphatic carbocycles. The van der Waals surface area contributed by atoms with Gasteiger partial charge in [-0.05, 0) is 46.8 Å². The fourth-order valence-corrected chi connectivity index (χ4v) is 2.26. The van der Waals surface area contributed by atoms with Crippen LogP contribution in [0.5, 0.6) is 0 Å². The van der Waals surface area contributed by atoms with Gasteiger partial charge in [0.05, 0.1) is 29.3 Å². The van der Waals surface area contributed by atoms with Crippen LogP contribution in [0, 0.1) is 0 Å². The largest absolute Gasteiger partial charge is 0.444 e. The summed E-state index contributed by atoms with van der Waals surface area (Å²) in [5, 5.41) is 5.99. The van der Waals surface area contributed by atoms with Gasteiger partial charge in [0.1, 0.15) is 11.3 Å². The normalized spacial score (nSPS) is 12.4. The van der Waals surface area contributed by atoms with E-state index in [1.54, 1.807) is 18.6 Å². The van der Waals surface area contributed by atoms with Crippen molar-refractivity contribution in [3.63, 3.8) is 0 Å². The van der Waals surface area contributed by atoms with E-state index in [0.29, 0.717) is 17.1 Å². The molecule has 1 atom stereocenters. The molecule has 0 bridgehead atoms. The average Bonchev–Trinajstić information content (AvgIpc) is 2.54. The van der Waals surface area contributed by atoms with Crippen molar-refractivity contribution in [2.24, 2.45) is 0 Å². The number of carbonyl (C=O) groups is 1. The van der Waals surface area contributed by atoms with Crippen LogP contribution >= 0.6 is 0 Å². The Bertz CT molecular complexity index is 716. The predicted octanol–water partition coefficient (Wildman–Crippen LogP) is 3.80. The van der Waals surface area contributed by atoms with Gasteiger partial charge < -0.3 is 15.4 Å². The monoisotopic (exact) mass is 345 g/mol. The molecule has 7 nitrogen and oxygen atoms in total. The van der Waals surface area contributed by atoms with Gasteiger partial charge in [-0.2, -0.15) is 0 Å². The summed E-state index contributed by atoms with van der Waals surface area (Å²) >= 11 is 0. The zero-order valence-corrected chi connectivity index (χ0v) is 15.3. The number of hydrogen-bond donors (Lipinski definition) is 2. The number of alkyl carbamates (subject to hydrolysis) is 1. The summed E-state index contributed by atoms with van der Waals surface area (Å²) in [5.74, 6) is 0. The molecule has 0 radical (unpaired) electrons. The van der Waals surface area contributed by atoms with Gasteiger partial charge >= 0.3 is 6.09 Å². The number of rotatable bonds is 5. The molecule has 0 fully saturated rings. The summed E-state index contributed by atoms with van der Waals surface area (Å²) in [7, 11) is 0. The van der Waals surface area contributed by atoms with Crippen LogP contribution in [0.2, 0.25) is 0 Å². The van der Waals surface area contributed by atoms with E-state index < -0.39 is 11.7 Å². The molecular weight excluding hydrogens is 318 g/mol. The molecule has 2 aromatic rings. The van der Waals surface area contributed by atoms with Gasteiger partial charge in [-0.3, -0.25) is 15.0 Å². The van der Waals surface area contributed by atoms with Crippen LogP contribution in [0.15, 0.2) is 30.7 Å². The van der Waals surface area contributed by atoms with Crippen molar-refractivity contribution >= 4 is 11.8 Å². The molecule has 2 aromatic heterocycles. The van der Waals surface area contributed by atoms with Crippen molar-refractivity contribution in [3.8, 4) is 11.4 Å². The maximum atomic E-state index is 12.0. The van der Waals surface area contributed by atoms with Crippen molar-refractivity contribution in [3.05, 3.63) is 36.4 Å². The van der Waals surface area contributed by atoms with E-state index in [2.05, 4.69) is 25.6 Å². The molecule has 0 spiro atoms. The molecule has 0 saturated heterocycles. The Kier molecular flexibility index (Phi) is 5.90. The second-order valence-corrected chi connectivity index (χ2v) is 6.62. The van der Waals surface area contributed by atoms with Crippen LogP contribution in [0.3, 0.4) is 0 Å². The van der Waals surface area contributed by atoms with Crippen LogP contribution in [-0.2, 0) is 4.74 Å². The van der Waals surface area contributed by atoms with E-state index in [4.69, 9.17) is 4.74 Å². The standard InChI is InChI=1S/C18H25N5O2.H2/c1-6-19-13-7-8-14(22-11-13)16-15(20-9-10-21-16)12(2)23-17(24)25-18(3,4)5;/h7-12,19H,6H2,1-5H3,(H,23,24);1H/t12-;/m0./s1. The highest BCUT2D eigenvalue weighted by atomic mass is 16.6. The maximum Gasteiger partial charge on any atom is 0.408 e. The van der Waals surface area contributed by atoms with Crippen molar-refractivity contribution in [2.75, 3.05) is 11.9 Å². The molecule has 1 amide bonds. The van der Waals surface area contributed by atoms with E-state index >= 15 is 0 Å². The van der Waals surface area contributed by atoms with Gasteiger partial charge in [0.15, 0.2) is 0 Å². The molecule has 0 aliphatic heterocycles. The number of aromatic nitrogens is 3. The van der Waals surface area contributed by atoms with Gasteiger partial charge in [0.2, 0.25) is 0 Å². The summed E-state index contributed by atoms with van der Waals surface area (Å²) in [5.41, 5.74) is 2.35. The van der Waals surface area contributed by atoms with Crippen LogP contribution in [0.25, 0.3) is 11.4 Å². The third-order valence-electron chi connectivity index (χ3n) is 3.26. The zero-order valence-electron chi connectivity index (χ0n) is 15.3. The van der Waals surface area contributed by atoms with Gasteiger partial charge in [-0.15, -0.1) is 0 Å². The van der Waals surface area contributed by atoms with Crippen LogP contribution in [0.4, 0.5) is 10.5 Å². The van der Waals surface area contributed by atoms with E-state index in [1.807, 2.05) is 46.8 Å². The Hall–Kier alpha value is -2.70. The molecule has 136 valence electrons. The van der Waals surface area contributed by atoms with E-state index in [0.717, 1.165) is 12.2 Å². The highest BCUT2D eigenvalue weighted by Crippen LogP contribution is 2.23. The Labute approximate surface area is 149 Å². The molecule has 0 aromatic carbocycles. The number of ether oxygens (including phenoxy) is 1. The average molecular weight is 345 g/mol. The lowest BCUT2D eigenvalue weighted by Gasteiger charge is -2.22. The highest BCUT2D eigenvalue weighted by molar-refractivity contribution is 5.69. The van der Waals surface area contributed by atoms with Gasteiger partial charge in [-0.25, -0.2) is 4.79 Å². The second kappa shape index (κ2) is 7.92. The summed E-state index contributed by atoms with van der Waals surface area (Å²) < 4.78 is 5.30. The minimum Gasteiger partial charge on any atom is -0.444 e. The lowest BCUT2D eigenvalue weighted by molar-refractivity contribution is 0.0507. The third-order valence-corrected chi connectivity index (χ3v) is 3.26. The summed E-state index contributed by atoms with van der Waals surface area (Å²) in [6, 6.07) is 3.45. The van der Waals surface area contributed by atoms with Gasteiger partial charge in [-0.1, -0.05) is 0 Å². The number of pyridine rings is 1. The minimum absolute atomic E-state index is 0. The highest BCUT2D eigenvalue weighted by Gasteiger charge is 2.21. The second-order valence-electron chi connectivity index (χ2n) is 6.62. The molecular formula is C18H27N5O2. The quantitative estimate of drug-likeness (QED) is 0.857. The SMILES string of the molecule is CCNc1ccc(-c2nccnc2[C@H](C)NC(=O)OC(C)(C)C)nc1.[HH]. The number of nitrogens with one attached hydrogen (secondary N) is 2. The van der Waals surface area contributed by atoms with Gasteiger partial charge in [0, 0.05) is 20.4 Å². The summed E-state index contributed by atoms with van der Waals surface area (Å²) in [6.07, 6.45) is 4.47. The van der Waals surface area contributed by atoms with Gasteiger partial charge in [0.25, 0.3) is 0 Å². The number of anilines is 1. The molecule has 0 unspecified atom stereocenters. The molecule has 2 N–H and O–H groups in total. The van der Waals surface area contributed by atoms with Crippen molar-refractivity contribution in [2.45, 2.75) is 46.3 Å². The van der Waals surface area contributed by atoms with Crippen molar-refractivity contribution in [1.82, 2.24) is 20.3 Å². The molecule has 0 aliphatic rings. The fraction of sp³-hybridized carbons (Fsp3) is 0.444. The first-order chi connectivity index (χ1) is 11.8. The third kappa shape index (κ3) is 5.41. The summed E-state index contributed by atoms with van der Waals surface area (Å²) in [6.45, 7) is 10.2. The topological polar surface area (TPSA) is 89.0 Å². The molecule has 0 saturated carbocycles. The van der Waals surface area contributed by atoms with Crippen molar-refractivity contribution in [1.29, 1.82) is 0 Å². The first-order valence-corrected chi connectivity index (χ1v) is 8.31. The minimum atomic E-state index is -0.557. The van der Waals surface area contributed by atoms with E-state index in [9.17, 15) is 4.79 Å². The number of hydrogen-bond acceptors (Lipinski definition) is 6. The smallest absolute Gasteiger partial charge is 0.408 e. The van der Waals surface area contributed by atoms with Crippen molar-refractivity contribution < 1.29 is 11.0 Å². The first-order valence-electron chi connectivity index (χ1n) is 8.31. The Balaban J connectivity index is 0.00000338. The molecule has 25 heavy (non-hydrogen) atoms. The summed E-state index contributed by atoms with van der Waals surface area (Å²) in [4.78, 5) is 25.2. The molecule has 2 heterocycles. The fourth-order valence-electron chi connectivity index (χ4n) is 2.26. The number of carbonyl (C=O) groups excluding carboxylic acids is 1. The van der Waals surface area contributed by atoms with E-state index in [1.165, 1.54) is 0 Å². The molecule has 7 heteroatoms. The maximum absolute atomic E-state index is 12.0. The number of amides is 1.